The molecular weight excluding hydrogens is 202 g/mol. The number of hydrogen-bond acceptors (Lipinski definition) is 3. The first-order chi connectivity index (χ1) is 7.63. The van der Waals surface area contributed by atoms with Crippen molar-refractivity contribution in [2.24, 2.45) is 0 Å². The number of phenols is 1. The molecule has 0 saturated carbocycles. The summed E-state index contributed by atoms with van der Waals surface area (Å²) in [5.74, 6) is 0.938. The van der Waals surface area contributed by atoms with Crippen LogP contribution in [0.2, 0.25) is 0 Å². The summed E-state index contributed by atoms with van der Waals surface area (Å²) in [6.07, 6.45) is 3.64. The molecule has 0 fully saturated rings. The fraction of sp³-hybridized carbons (Fsp3) is 0.231. The molecule has 1 aliphatic heterocycles. The molecule has 16 heavy (non-hydrogen) atoms. The Morgan fingerprint density at radius 3 is 2.81 bits per heavy atom. The molecule has 0 spiro atoms. The Labute approximate surface area is 95.3 Å². The number of hydrogen-bond donors (Lipinski definition) is 1. The standard InChI is InChI=1S/C13H15NO2/c1-4-9-5-6-16-12-8-10(14(2)3)7-11(15)13(9)12/h4-5,7-8,15H,1,6H2,2-3H3. The molecule has 0 amide bonds. The van der Waals surface area contributed by atoms with Crippen molar-refractivity contribution in [3.63, 3.8) is 0 Å². The van der Waals surface area contributed by atoms with E-state index in [0.717, 1.165) is 16.8 Å². The van der Waals surface area contributed by atoms with Crippen LogP contribution in [-0.2, 0) is 0 Å². The van der Waals surface area contributed by atoms with Crippen LogP contribution in [-0.4, -0.2) is 25.8 Å². The summed E-state index contributed by atoms with van der Waals surface area (Å²) in [7, 11) is 3.85. The molecule has 3 nitrogen and oxygen atoms in total. The van der Waals surface area contributed by atoms with Gasteiger partial charge >= 0.3 is 0 Å². The lowest BCUT2D eigenvalue weighted by molar-refractivity contribution is 0.353. The van der Waals surface area contributed by atoms with Gasteiger partial charge in [0.1, 0.15) is 18.1 Å². The summed E-state index contributed by atoms with van der Waals surface area (Å²) in [5, 5.41) is 9.99. The third kappa shape index (κ3) is 1.65. The molecule has 0 unspecified atom stereocenters. The average molecular weight is 217 g/mol. The Balaban J connectivity index is 2.59. The van der Waals surface area contributed by atoms with Crippen LogP contribution in [0.15, 0.2) is 30.9 Å². The van der Waals surface area contributed by atoms with Crippen LogP contribution in [0, 0.1) is 0 Å². The molecule has 0 aliphatic carbocycles. The predicted molar refractivity (Wildman–Crippen MR) is 66.1 cm³/mol. The van der Waals surface area contributed by atoms with Crippen LogP contribution in [0.3, 0.4) is 0 Å². The van der Waals surface area contributed by atoms with Crippen molar-refractivity contribution in [2.75, 3.05) is 25.6 Å². The minimum atomic E-state index is 0.229. The van der Waals surface area contributed by atoms with Crippen LogP contribution >= 0.6 is 0 Å². The second kappa shape index (κ2) is 3.93. The molecule has 0 radical (unpaired) electrons. The van der Waals surface area contributed by atoms with Gasteiger partial charge in [-0.25, -0.2) is 0 Å². The van der Waals surface area contributed by atoms with Gasteiger partial charge in [0.15, 0.2) is 0 Å². The Kier molecular flexibility index (Phi) is 2.60. The monoisotopic (exact) mass is 217 g/mol. The molecule has 0 aromatic heterocycles. The number of fused-ring (bicyclic) bond motifs is 1. The van der Waals surface area contributed by atoms with Gasteiger partial charge in [-0.05, 0) is 11.6 Å². The second-order valence-corrected chi connectivity index (χ2v) is 3.91. The van der Waals surface area contributed by atoms with Crippen LogP contribution < -0.4 is 9.64 Å². The third-order valence-electron chi connectivity index (χ3n) is 2.63. The van der Waals surface area contributed by atoms with E-state index in [9.17, 15) is 5.11 Å². The number of phenolic OH excluding ortho intramolecular Hbond substituents is 1. The van der Waals surface area contributed by atoms with Crippen LogP contribution in [0.5, 0.6) is 11.5 Å². The maximum atomic E-state index is 9.99. The van der Waals surface area contributed by atoms with Gasteiger partial charge in [-0.3, -0.25) is 0 Å². The van der Waals surface area contributed by atoms with E-state index in [2.05, 4.69) is 6.58 Å². The van der Waals surface area contributed by atoms with Crippen LogP contribution in [0.4, 0.5) is 5.69 Å². The third-order valence-corrected chi connectivity index (χ3v) is 2.63. The molecule has 1 aromatic rings. The number of ether oxygens (including phenoxy) is 1. The molecule has 2 rings (SSSR count). The first-order valence-corrected chi connectivity index (χ1v) is 5.13. The minimum Gasteiger partial charge on any atom is -0.507 e. The topological polar surface area (TPSA) is 32.7 Å². The Morgan fingerprint density at radius 2 is 2.19 bits per heavy atom. The molecule has 84 valence electrons. The highest BCUT2D eigenvalue weighted by Crippen LogP contribution is 2.40. The Bertz CT molecular complexity index is 461. The van der Waals surface area contributed by atoms with E-state index in [1.807, 2.05) is 31.1 Å². The molecular formula is C13H15NO2. The van der Waals surface area contributed by atoms with E-state index in [1.54, 1.807) is 12.1 Å². The summed E-state index contributed by atoms with van der Waals surface area (Å²) in [5.41, 5.74) is 2.57. The van der Waals surface area contributed by atoms with Gasteiger partial charge < -0.3 is 14.7 Å². The van der Waals surface area contributed by atoms with Crippen molar-refractivity contribution in [3.05, 3.63) is 36.4 Å². The van der Waals surface area contributed by atoms with E-state index in [4.69, 9.17) is 4.74 Å². The fourth-order valence-corrected chi connectivity index (χ4v) is 1.76. The zero-order chi connectivity index (χ0) is 11.7. The number of aromatic hydroxyl groups is 1. The largest absolute Gasteiger partial charge is 0.507 e. The van der Waals surface area contributed by atoms with Gasteiger partial charge in [0.05, 0.1) is 5.56 Å². The van der Waals surface area contributed by atoms with Crippen molar-refractivity contribution in [3.8, 4) is 11.5 Å². The molecule has 0 bridgehead atoms. The summed E-state index contributed by atoms with van der Waals surface area (Å²) < 4.78 is 5.52. The van der Waals surface area contributed by atoms with Gasteiger partial charge in [-0.15, -0.1) is 0 Å². The first kappa shape index (κ1) is 10.6. The average Bonchev–Trinajstić information content (AvgIpc) is 2.27. The van der Waals surface area contributed by atoms with E-state index in [-0.39, 0.29) is 5.75 Å². The molecule has 1 N–H and O–H groups in total. The molecule has 1 aromatic carbocycles. The molecule has 0 atom stereocenters. The Hall–Kier alpha value is -1.90. The summed E-state index contributed by atoms with van der Waals surface area (Å²) in [4.78, 5) is 1.93. The normalized spacial score (nSPS) is 13.5. The van der Waals surface area contributed by atoms with Crippen molar-refractivity contribution < 1.29 is 9.84 Å². The summed E-state index contributed by atoms with van der Waals surface area (Å²) in [6.45, 7) is 4.26. The predicted octanol–water partition coefficient (Wildman–Crippen LogP) is 2.42. The lowest BCUT2D eigenvalue weighted by atomic mass is 10.0. The SMILES string of the molecule is C=CC1=CCOc2cc(N(C)C)cc(O)c21. The maximum Gasteiger partial charge on any atom is 0.133 e. The van der Waals surface area contributed by atoms with Crippen molar-refractivity contribution in [2.45, 2.75) is 0 Å². The van der Waals surface area contributed by atoms with Gasteiger partial charge in [0.2, 0.25) is 0 Å². The number of rotatable bonds is 2. The lowest BCUT2D eigenvalue weighted by Crippen LogP contribution is -2.10. The highest BCUT2D eigenvalue weighted by atomic mass is 16.5. The fourth-order valence-electron chi connectivity index (χ4n) is 1.76. The number of nitrogens with zero attached hydrogens (tertiary/aromatic N) is 1. The number of anilines is 1. The van der Waals surface area contributed by atoms with Crippen molar-refractivity contribution >= 4 is 11.3 Å². The molecule has 1 heterocycles. The zero-order valence-electron chi connectivity index (χ0n) is 9.53. The Morgan fingerprint density at radius 1 is 1.44 bits per heavy atom. The van der Waals surface area contributed by atoms with Gasteiger partial charge in [0, 0.05) is 31.9 Å². The molecule has 0 saturated heterocycles. The smallest absolute Gasteiger partial charge is 0.133 e. The van der Waals surface area contributed by atoms with Gasteiger partial charge in [0.25, 0.3) is 0 Å². The van der Waals surface area contributed by atoms with E-state index in [0.29, 0.717) is 12.4 Å². The van der Waals surface area contributed by atoms with Crippen molar-refractivity contribution in [1.82, 2.24) is 0 Å². The maximum absolute atomic E-state index is 9.99. The minimum absolute atomic E-state index is 0.229. The summed E-state index contributed by atoms with van der Waals surface area (Å²) >= 11 is 0. The molecule has 1 aliphatic rings. The van der Waals surface area contributed by atoms with E-state index < -0.39 is 0 Å². The quantitative estimate of drug-likeness (QED) is 0.825. The van der Waals surface area contributed by atoms with Crippen LogP contribution in [0.1, 0.15) is 5.56 Å². The van der Waals surface area contributed by atoms with Crippen molar-refractivity contribution in [1.29, 1.82) is 0 Å². The van der Waals surface area contributed by atoms with E-state index >= 15 is 0 Å². The van der Waals surface area contributed by atoms with E-state index in [1.165, 1.54) is 0 Å². The van der Waals surface area contributed by atoms with Crippen LogP contribution in [0.25, 0.3) is 5.57 Å². The highest BCUT2D eigenvalue weighted by molar-refractivity contribution is 5.84. The second-order valence-electron chi connectivity index (χ2n) is 3.91. The highest BCUT2D eigenvalue weighted by Gasteiger charge is 2.17. The number of benzene rings is 1. The van der Waals surface area contributed by atoms with Gasteiger partial charge in [-0.2, -0.15) is 0 Å². The summed E-state index contributed by atoms with van der Waals surface area (Å²) in [6, 6.07) is 3.65. The van der Waals surface area contributed by atoms with Gasteiger partial charge in [-0.1, -0.05) is 12.7 Å². The first-order valence-electron chi connectivity index (χ1n) is 5.13. The molecule has 3 heteroatoms. The lowest BCUT2D eigenvalue weighted by Gasteiger charge is -2.21. The zero-order valence-corrected chi connectivity index (χ0v) is 9.53. The number of allylic oxidation sites excluding steroid dienone is 2.